The SMILES string of the molecule is [C-]#[N+]C(=C)CCCC(=C)C#N. The van der Waals surface area contributed by atoms with Gasteiger partial charge in [-0.3, -0.25) is 0 Å². The molecule has 0 atom stereocenters. The van der Waals surface area contributed by atoms with Crippen LogP contribution in [0.2, 0.25) is 0 Å². The number of rotatable bonds is 4. The maximum absolute atomic E-state index is 8.32. The molecule has 2 nitrogen and oxygen atoms in total. The van der Waals surface area contributed by atoms with Crippen molar-refractivity contribution < 1.29 is 0 Å². The van der Waals surface area contributed by atoms with E-state index in [-0.39, 0.29) is 0 Å². The molecule has 0 saturated carbocycles. The van der Waals surface area contributed by atoms with Gasteiger partial charge in [-0.25, -0.2) is 4.85 Å². The van der Waals surface area contributed by atoms with Crippen LogP contribution in [0.25, 0.3) is 4.85 Å². The number of allylic oxidation sites excluding steroid dienone is 2. The Balaban J connectivity index is 3.46. The van der Waals surface area contributed by atoms with E-state index in [9.17, 15) is 0 Å². The van der Waals surface area contributed by atoms with Crippen LogP contribution in [-0.2, 0) is 0 Å². The van der Waals surface area contributed by atoms with Gasteiger partial charge in [0, 0.05) is 5.57 Å². The number of nitrogens with zero attached hydrogens (tertiary/aromatic N) is 2. The van der Waals surface area contributed by atoms with Gasteiger partial charge >= 0.3 is 0 Å². The second kappa shape index (κ2) is 5.26. The fourth-order valence-corrected chi connectivity index (χ4v) is 0.618. The van der Waals surface area contributed by atoms with Crippen molar-refractivity contribution in [3.63, 3.8) is 0 Å². The molecule has 0 saturated heterocycles. The smallest absolute Gasteiger partial charge is 0.158 e. The molecule has 0 rings (SSSR count). The van der Waals surface area contributed by atoms with Gasteiger partial charge in [-0.1, -0.05) is 19.6 Å². The van der Waals surface area contributed by atoms with E-state index in [4.69, 9.17) is 11.8 Å². The van der Waals surface area contributed by atoms with Gasteiger partial charge in [-0.05, 0) is 12.8 Å². The Morgan fingerprint density at radius 1 is 1.45 bits per heavy atom. The normalized spacial score (nSPS) is 7.82. The average molecular weight is 146 g/mol. The van der Waals surface area contributed by atoms with Crippen LogP contribution in [0.5, 0.6) is 0 Å². The molecule has 2 heteroatoms. The van der Waals surface area contributed by atoms with E-state index in [0.717, 1.165) is 6.42 Å². The van der Waals surface area contributed by atoms with Crippen molar-refractivity contribution in [2.45, 2.75) is 19.3 Å². The van der Waals surface area contributed by atoms with Gasteiger partial charge in [0.1, 0.15) is 0 Å². The molecule has 0 fully saturated rings. The van der Waals surface area contributed by atoms with Crippen LogP contribution in [0.3, 0.4) is 0 Å². The third kappa shape index (κ3) is 4.93. The minimum Gasteiger partial charge on any atom is -0.243 e. The Labute approximate surface area is 67.3 Å². The highest BCUT2D eigenvalue weighted by Crippen LogP contribution is 2.09. The van der Waals surface area contributed by atoms with Crippen molar-refractivity contribution in [3.8, 4) is 6.07 Å². The van der Waals surface area contributed by atoms with E-state index in [1.807, 2.05) is 6.07 Å². The van der Waals surface area contributed by atoms with Gasteiger partial charge in [0.2, 0.25) is 0 Å². The van der Waals surface area contributed by atoms with Crippen molar-refractivity contribution in [2.24, 2.45) is 0 Å². The Morgan fingerprint density at radius 2 is 2.09 bits per heavy atom. The minimum absolute atomic E-state index is 0.552. The maximum atomic E-state index is 8.32. The molecule has 0 radical (unpaired) electrons. The van der Waals surface area contributed by atoms with Crippen molar-refractivity contribution in [1.82, 2.24) is 0 Å². The Hall–Kier alpha value is -1.54. The molecule has 0 aliphatic carbocycles. The summed E-state index contributed by atoms with van der Waals surface area (Å²) in [6, 6.07) is 1.96. The third-order valence-corrected chi connectivity index (χ3v) is 1.26. The highest BCUT2D eigenvalue weighted by atomic mass is 14.6. The highest BCUT2D eigenvalue weighted by molar-refractivity contribution is 5.15. The van der Waals surface area contributed by atoms with Gasteiger partial charge in [0.05, 0.1) is 12.6 Å². The summed E-state index contributed by atoms with van der Waals surface area (Å²) in [6.07, 6.45) is 2.14. The van der Waals surface area contributed by atoms with Crippen LogP contribution in [-0.4, -0.2) is 0 Å². The van der Waals surface area contributed by atoms with E-state index in [2.05, 4.69) is 18.0 Å². The molecule has 56 valence electrons. The van der Waals surface area contributed by atoms with Gasteiger partial charge in [-0.2, -0.15) is 5.26 Å². The van der Waals surface area contributed by atoms with Crippen LogP contribution in [0.4, 0.5) is 0 Å². The molecule has 0 amide bonds. The molecular formula is C9H10N2. The predicted molar refractivity (Wildman–Crippen MR) is 44.3 cm³/mol. The summed E-state index contributed by atoms with van der Waals surface area (Å²) in [4.78, 5) is 3.15. The van der Waals surface area contributed by atoms with Crippen molar-refractivity contribution in [1.29, 1.82) is 5.26 Å². The van der Waals surface area contributed by atoms with E-state index in [0.29, 0.717) is 24.1 Å². The zero-order valence-electron chi connectivity index (χ0n) is 6.43. The predicted octanol–water partition coefficient (Wildman–Crippen LogP) is 2.67. The molecule has 0 unspecified atom stereocenters. The second-order valence-electron chi connectivity index (χ2n) is 2.25. The van der Waals surface area contributed by atoms with Crippen LogP contribution in [0.1, 0.15) is 19.3 Å². The fraction of sp³-hybridized carbons (Fsp3) is 0.333. The first kappa shape index (κ1) is 9.46. The molecule has 0 aromatic heterocycles. The zero-order valence-corrected chi connectivity index (χ0v) is 6.43. The largest absolute Gasteiger partial charge is 0.243 e. The van der Waals surface area contributed by atoms with Crippen LogP contribution < -0.4 is 0 Å². The number of hydrogen-bond donors (Lipinski definition) is 0. The highest BCUT2D eigenvalue weighted by Gasteiger charge is 1.94. The Morgan fingerprint density at radius 3 is 2.55 bits per heavy atom. The van der Waals surface area contributed by atoms with Crippen LogP contribution >= 0.6 is 0 Å². The standard InChI is InChI=1S/C9H10N2/c1-8(7-10)5-4-6-9(2)11-3/h1-2,4-6H2. The number of hydrogen-bond acceptors (Lipinski definition) is 1. The molecule has 0 heterocycles. The summed E-state index contributed by atoms with van der Waals surface area (Å²) in [6.45, 7) is 13.6. The second-order valence-corrected chi connectivity index (χ2v) is 2.25. The van der Waals surface area contributed by atoms with Gasteiger partial charge in [0.15, 0.2) is 5.70 Å². The lowest BCUT2D eigenvalue weighted by Gasteiger charge is -1.94. The molecule has 0 spiro atoms. The molecule has 0 N–H and O–H groups in total. The Bertz CT molecular complexity index is 211. The molecular weight excluding hydrogens is 136 g/mol. The van der Waals surface area contributed by atoms with Crippen molar-refractivity contribution in [3.05, 3.63) is 35.8 Å². The average Bonchev–Trinajstić information content (AvgIpc) is 2.04. The van der Waals surface area contributed by atoms with Crippen LogP contribution in [0, 0.1) is 17.9 Å². The van der Waals surface area contributed by atoms with Crippen molar-refractivity contribution in [2.75, 3.05) is 0 Å². The first-order chi connectivity index (χ1) is 5.20. The monoisotopic (exact) mass is 146 g/mol. The lowest BCUT2D eigenvalue weighted by atomic mass is 10.1. The minimum atomic E-state index is 0.552. The maximum Gasteiger partial charge on any atom is 0.158 e. The summed E-state index contributed by atoms with van der Waals surface area (Å²) in [7, 11) is 0. The fourth-order valence-electron chi connectivity index (χ4n) is 0.618. The summed E-state index contributed by atoms with van der Waals surface area (Å²) in [5.41, 5.74) is 1.12. The molecule has 0 aromatic rings. The molecule has 0 bridgehead atoms. The third-order valence-electron chi connectivity index (χ3n) is 1.26. The summed E-state index contributed by atoms with van der Waals surface area (Å²) in [5.74, 6) is 0. The van der Waals surface area contributed by atoms with Gasteiger partial charge in [0.25, 0.3) is 0 Å². The molecule has 0 aromatic carbocycles. The molecule has 11 heavy (non-hydrogen) atoms. The molecule has 0 aliphatic heterocycles. The quantitative estimate of drug-likeness (QED) is 0.442. The van der Waals surface area contributed by atoms with Crippen LogP contribution in [0.15, 0.2) is 24.4 Å². The van der Waals surface area contributed by atoms with E-state index < -0.39 is 0 Å². The zero-order chi connectivity index (χ0) is 8.69. The van der Waals surface area contributed by atoms with E-state index >= 15 is 0 Å². The lowest BCUT2D eigenvalue weighted by molar-refractivity contribution is 0.832. The topological polar surface area (TPSA) is 28.1 Å². The Kier molecular flexibility index (Phi) is 4.52. The summed E-state index contributed by atoms with van der Waals surface area (Å²) >= 11 is 0. The van der Waals surface area contributed by atoms with E-state index in [1.54, 1.807) is 0 Å². The van der Waals surface area contributed by atoms with E-state index in [1.165, 1.54) is 0 Å². The number of nitriles is 1. The molecule has 0 aliphatic rings. The summed E-state index contributed by atoms with van der Waals surface area (Å²) in [5, 5.41) is 8.32. The first-order valence-corrected chi connectivity index (χ1v) is 3.34. The lowest BCUT2D eigenvalue weighted by Crippen LogP contribution is -1.79. The van der Waals surface area contributed by atoms with Gasteiger partial charge < -0.3 is 0 Å². The van der Waals surface area contributed by atoms with Gasteiger partial charge in [-0.15, -0.1) is 0 Å². The van der Waals surface area contributed by atoms with Crippen molar-refractivity contribution >= 4 is 0 Å². The first-order valence-electron chi connectivity index (χ1n) is 3.34. The summed E-state index contributed by atoms with van der Waals surface area (Å²) < 4.78 is 0.